The van der Waals surface area contributed by atoms with Crippen molar-refractivity contribution in [3.05, 3.63) is 29.8 Å². The average molecular weight is 315 g/mol. The van der Waals surface area contributed by atoms with E-state index in [0.29, 0.717) is 19.0 Å². The van der Waals surface area contributed by atoms with Gasteiger partial charge in [-0.3, -0.25) is 9.59 Å². The summed E-state index contributed by atoms with van der Waals surface area (Å²) in [7, 11) is 4.10. The van der Waals surface area contributed by atoms with Crippen LogP contribution in [0, 0.1) is 12.8 Å². The lowest BCUT2D eigenvalue weighted by molar-refractivity contribution is -0.134. The van der Waals surface area contributed by atoms with Gasteiger partial charge in [-0.2, -0.15) is 0 Å². The first kappa shape index (κ1) is 16.0. The summed E-state index contributed by atoms with van der Waals surface area (Å²) in [6.07, 6.45) is 1.34. The molecular formula is C18H25N3O2. The van der Waals surface area contributed by atoms with E-state index in [1.807, 2.05) is 36.1 Å². The molecule has 23 heavy (non-hydrogen) atoms. The number of aryl methyl sites for hydroxylation is 1. The summed E-state index contributed by atoms with van der Waals surface area (Å²) in [6.45, 7) is 4.11. The normalized spacial score (nSPS) is 24.8. The first-order valence-electron chi connectivity index (χ1n) is 8.28. The Morgan fingerprint density at radius 2 is 1.87 bits per heavy atom. The van der Waals surface area contributed by atoms with Crippen molar-refractivity contribution in [1.82, 2.24) is 9.80 Å². The van der Waals surface area contributed by atoms with Crippen LogP contribution in [0.3, 0.4) is 0 Å². The molecule has 124 valence electrons. The molecule has 1 aromatic carbocycles. The van der Waals surface area contributed by atoms with Crippen LogP contribution < -0.4 is 4.90 Å². The van der Waals surface area contributed by atoms with Gasteiger partial charge in [-0.05, 0) is 39.6 Å². The third-order valence-corrected chi connectivity index (χ3v) is 5.03. The zero-order valence-corrected chi connectivity index (χ0v) is 14.2. The highest BCUT2D eigenvalue weighted by molar-refractivity contribution is 6.00. The van der Waals surface area contributed by atoms with Crippen molar-refractivity contribution < 1.29 is 9.59 Å². The maximum Gasteiger partial charge on any atom is 0.228 e. The van der Waals surface area contributed by atoms with Crippen LogP contribution in [0.15, 0.2) is 24.3 Å². The Kier molecular flexibility index (Phi) is 4.39. The van der Waals surface area contributed by atoms with Gasteiger partial charge in [-0.25, -0.2) is 0 Å². The van der Waals surface area contributed by atoms with Crippen molar-refractivity contribution in [2.24, 2.45) is 5.92 Å². The van der Waals surface area contributed by atoms with E-state index >= 15 is 0 Å². The van der Waals surface area contributed by atoms with Crippen LogP contribution in [0.2, 0.25) is 0 Å². The standard InChI is InChI=1S/C18H25N3O2/c1-13-4-6-15(7-5-13)21-11-14(10-17(21)22)18(23)20-9-8-16(12-20)19(2)3/h4-7,14,16H,8-12H2,1-3H3. The van der Waals surface area contributed by atoms with Gasteiger partial charge in [0.25, 0.3) is 0 Å². The number of carbonyl (C=O) groups excluding carboxylic acids is 2. The predicted molar refractivity (Wildman–Crippen MR) is 90.3 cm³/mol. The second kappa shape index (κ2) is 6.32. The van der Waals surface area contributed by atoms with Gasteiger partial charge in [-0.1, -0.05) is 17.7 Å². The summed E-state index contributed by atoms with van der Waals surface area (Å²) < 4.78 is 0. The third kappa shape index (κ3) is 3.24. The van der Waals surface area contributed by atoms with Gasteiger partial charge in [0.15, 0.2) is 0 Å². The van der Waals surface area contributed by atoms with Gasteiger partial charge in [0.1, 0.15) is 0 Å². The Hall–Kier alpha value is -1.88. The van der Waals surface area contributed by atoms with Crippen LogP contribution in [-0.4, -0.2) is 61.4 Å². The van der Waals surface area contributed by atoms with Crippen molar-refractivity contribution in [3.8, 4) is 0 Å². The van der Waals surface area contributed by atoms with Crippen molar-refractivity contribution in [3.63, 3.8) is 0 Å². The molecule has 3 rings (SSSR count). The molecule has 1 aromatic rings. The molecule has 0 aliphatic carbocycles. The second-order valence-corrected chi connectivity index (χ2v) is 6.93. The smallest absolute Gasteiger partial charge is 0.228 e. The highest BCUT2D eigenvalue weighted by atomic mass is 16.2. The molecule has 0 bridgehead atoms. The molecule has 2 aliphatic heterocycles. The zero-order valence-electron chi connectivity index (χ0n) is 14.2. The fraction of sp³-hybridized carbons (Fsp3) is 0.556. The Balaban J connectivity index is 1.65. The quantitative estimate of drug-likeness (QED) is 0.849. The maximum atomic E-state index is 12.7. The number of amides is 2. The van der Waals surface area contributed by atoms with E-state index in [2.05, 4.69) is 19.0 Å². The lowest BCUT2D eigenvalue weighted by Crippen LogP contribution is -2.38. The summed E-state index contributed by atoms with van der Waals surface area (Å²) in [5.74, 6) is -0.0161. The average Bonchev–Trinajstić information content (AvgIpc) is 3.14. The molecule has 2 atom stereocenters. The van der Waals surface area contributed by atoms with Gasteiger partial charge in [0, 0.05) is 37.8 Å². The molecule has 0 radical (unpaired) electrons. The summed E-state index contributed by atoms with van der Waals surface area (Å²) >= 11 is 0. The van der Waals surface area contributed by atoms with E-state index in [4.69, 9.17) is 0 Å². The maximum absolute atomic E-state index is 12.7. The summed E-state index contributed by atoms with van der Waals surface area (Å²) in [5.41, 5.74) is 2.06. The monoisotopic (exact) mass is 315 g/mol. The number of rotatable bonds is 3. The Bertz CT molecular complexity index is 597. The molecule has 0 saturated carbocycles. The van der Waals surface area contributed by atoms with Crippen LogP contribution >= 0.6 is 0 Å². The fourth-order valence-electron chi connectivity index (χ4n) is 3.47. The highest BCUT2D eigenvalue weighted by Gasteiger charge is 2.39. The number of hydrogen-bond acceptors (Lipinski definition) is 3. The van der Waals surface area contributed by atoms with Crippen LogP contribution in [0.4, 0.5) is 5.69 Å². The highest BCUT2D eigenvalue weighted by Crippen LogP contribution is 2.27. The molecule has 2 unspecified atom stereocenters. The Morgan fingerprint density at radius 1 is 1.17 bits per heavy atom. The zero-order chi connectivity index (χ0) is 16.6. The largest absolute Gasteiger partial charge is 0.341 e. The molecule has 2 heterocycles. The van der Waals surface area contributed by atoms with Gasteiger partial charge in [0.05, 0.1) is 5.92 Å². The van der Waals surface area contributed by atoms with E-state index in [9.17, 15) is 9.59 Å². The van der Waals surface area contributed by atoms with Crippen molar-refractivity contribution in [2.45, 2.75) is 25.8 Å². The topological polar surface area (TPSA) is 43.9 Å². The first-order chi connectivity index (χ1) is 11.0. The summed E-state index contributed by atoms with van der Waals surface area (Å²) in [5, 5.41) is 0. The van der Waals surface area contributed by atoms with E-state index in [-0.39, 0.29) is 17.7 Å². The van der Waals surface area contributed by atoms with E-state index in [1.165, 1.54) is 5.56 Å². The van der Waals surface area contributed by atoms with E-state index in [0.717, 1.165) is 25.2 Å². The third-order valence-electron chi connectivity index (χ3n) is 5.03. The van der Waals surface area contributed by atoms with Gasteiger partial charge in [-0.15, -0.1) is 0 Å². The Labute approximate surface area is 137 Å². The van der Waals surface area contributed by atoms with Gasteiger partial charge in [0.2, 0.25) is 11.8 Å². The van der Waals surface area contributed by atoms with Gasteiger partial charge >= 0.3 is 0 Å². The van der Waals surface area contributed by atoms with Crippen molar-refractivity contribution in [2.75, 3.05) is 38.6 Å². The van der Waals surface area contributed by atoms with Crippen LogP contribution in [-0.2, 0) is 9.59 Å². The number of likely N-dealkylation sites (tertiary alicyclic amines) is 1. The lowest BCUT2D eigenvalue weighted by atomic mass is 10.1. The molecule has 2 saturated heterocycles. The molecule has 0 N–H and O–H groups in total. The number of likely N-dealkylation sites (N-methyl/N-ethyl adjacent to an activating group) is 1. The first-order valence-corrected chi connectivity index (χ1v) is 8.28. The SMILES string of the molecule is Cc1ccc(N2CC(C(=O)N3CCC(N(C)C)C3)CC2=O)cc1. The van der Waals surface area contributed by atoms with Crippen molar-refractivity contribution >= 4 is 17.5 Å². The van der Waals surface area contributed by atoms with Gasteiger partial charge < -0.3 is 14.7 Å². The summed E-state index contributed by atoms with van der Waals surface area (Å²) in [4.78, 5) is 30.9. The molecule has 5 heteroatoms. The van der Waals surface area contributed by atoms with Crippen LogP contribution in [0.1, 0.15) is 18.4 Å². The van der Waals surface area contributed by atoms with Crippen LogP contribution in [0.25, 0.3) is 0 Å². The van der Waals surface area contributed by atoms with Crippen LogP contribution in [0.5, 0.6) is 0 Å². The minimum atomic E-state index is -0.204. The molecule has 0 spiro atoms. The fourth-order valence-corrected chi connectivity index (χ4v) is 3.47. The molecule has 0 aromatic heterocycles. The predicted octanol–water partition coefficient (Wildman–Crippen LogP) is 1.51. The van der Waals surface area contributed by atoms with E-state index < -0.39 is 0 Å². The Morgan fingerprint density at radius 3 is 2.48 bits per heavy atom. The molecule has 2 amide bonds. The number of benzene rings is 1. The molecular weight excluding hydrogens is 290 g/mol. The lowest BCUT2D eigenvalue weighted by Gasteiger charge is -2.23. The summed E-state index contributed by atoms with van der Waals surface area (Å²) in [6, 6.07) is 8.35. The number of nitrogens with zero attached hydrogens (tertiary/aromatic N) is 3. The molecule has 2 fully saturated rings. The number of anilines is 1. The molecule has 5 nitrogen and oxygen atoms in total. The minimum Gasteiger partial charge on any atom is -0.341 e. The minimum absolute atomic E-state index is 0.0514. The second-order valence-electron chi connectivity index (χ2n) is 6.93. The van der Waals surface area contributed by atoms with Crippen molar-refractivity contribution in [1.29, 1.82) is 0 Å². The number of hydrogen-bond donors (Lipinski definition) is 0. The van der Waals surface area contributed by atoms with E-state index in [1.54, 1.807) is 4.90 Å². The number of carbonyl (C=O) groups is 2. The molecule has 2 aliphatic rings.